The lowest BCUT2D eigenvalue weighted by molar-refractivity contribution is 0.0634. The van der Waals surface area contributed by atoms with Gasteiger partial charge >= 0.3 is 0 Å². The van der Waals surface area contributed by atoms with Crippen molar-refractivity contribution in [1.29, 1.82) is 0 Å². The number of benzene rings is 2. The normalized spacial score (nSPS) is 19.9. The first kappa shape index (κ1) is 18.6. The molecule has 2 aromatic carbocycles. The second-order valence-corrected chi connectivity index (χ2v) is 8.66. The number of fused-ring (bicyclic) bond motifs is 2. The number of hydrogen-bond acceptors (Lipinski definition) is 1. The Hall–Kier alpha value is -2.38. The quantitative estimate of drug-likeness (QED) is 0.532. The summed E-state index contributed by atoms with van der Waals surface area (Å²) in [5, 5.41) is 0. The molecule has 1 aliphatic heterocycles. The topological polar surface area (TPSA) is 9.23 Å². The van der Waals surface area contributed by atoms with Crippen molar-refractivity contribution >= 4 is 23.3 Å². The first-order valence-corrected chi connectivity index (χ1v) is 11.3. The summed E-state index contributed by atoms with van der Waals surface area (Å²) >= 11 is 0. The molecular formula is C28H30O. The minimum Gasteiger partial charge on any atom is -0.381 e. The van der Waals surface area contributed by atoms with Crippen LogP contribution in [0.3, 0.4) is 0 Å². The van der Waals surface area contributed by atoms with Crippen LogP contribution in [0.25, 0.3) is 23.3 Å². The van der Waals surface area contributed by atoms with Crippen molar-refractivity contribution in [3.63, 3.8) is 0 Å². The Morgan fingerprint density at radius 1 is 1.00 bits per heavy atom. The van der Waals surface area contributed by atoms with Gasteiger partial charge in [0, 0.05) is 13.2 Å². The summed E-state index contributed by atoms with van der Waals surface area (Å²) in [5.74, 6) is 0.861. The van der Waals surface area contributed by atoms with Crippen molar-refractivity contribution in [2.75, 3.05) is 13.2 Å². The highest BCUT2D eigenvalue weighted by Crippen LogP contribution is 2.39. The fourth-order valence-corrected chi connectivity index (χ4v) is 5.02. The number of aryl methyl sites for hydroxylation is 1. The molecule has 29 heavy (non-hydrogen) atoms. The molecule has 0 amide bonds. The van der Waals surface area contributed by atoms with E-state index in [4.69, 9.17) is 4.74 Å². The van der Waals surface area contributed by atoms with E-state index in [0.717, 1.165) is 19.1 Å². The molecule has 1 saturated heterocycles. The average Bonchev–Trinajstić information content (AvgIpc) is 3.12. The van der Waals surface area contributed by atoms with Gasteiger partial charge in [0.2, 0.25) is 0 Å². The lowest BCUT2D eigenvalue weighted by Crippen LogP contribution is -2.15. The van der Waals surface area contributed by atoms with Gasteiger partial charge in [-0.05, 0) is 102 Å². The molecule has 1 heteroatoms. The van der Waals surface area contributed by atoms with Gasteiger partial charge in [0.15, 0.2) is 0 Å². The molecule has 5 rings (SSSR count). The molecule has 2 aliphatic carbocycles. The van der Waals surface area contributed by atoms with Crippen LogP contribution in [0.5, 0.6) is 0 Å². The second-order valence-electron chi connectivity index (χ2n) is 8.66. The molecule has 0 aromatic heterocycles. The Morgan fingerprint density at radius 3 is 2.76 bits per heavy atom. The molecule has 148 valence electrons. The number of hydrogen-bond donors (Lipinski definition) is 0. The van der Waals surface area contributed by atoms with Gasteiger partial charge in [0.1, 0.15) is 0 Å². The van der Waals surface area contributed by atoms with Crippen LogP contribution in [-0.4, -0.2) is 13.2 Å². The third kappa shape index (κ3) is 4.16. The highest BCUT2D eigenvalue weighted by atomic mass is 16.5. The summed E-state index contributed by atoms with van der Waals surface area (Å²) in [7, 11) is 0. The van der Waals surface area contributed by atoms with E-state index < -0.39 is 0 Å². The van der Waals surface area contributed by atoms with E-state index >= 15 is 0 Å². The lowest BCUT2D eigenvalue weighted by Gasteiger charge is -2.21. The Bertz CT molecular complexity index is 970. The summed E-state index contributed by atoms with van der Waals surface area (Å²) in [6.07, 6.45) is 18.0. The van der Waals surface area contributed by atoms with Gasteiger partial charge in [-0.1, -0.05) is 54.6 Å². The van der Waals surface area contributed by atoms with Crippen molar-refractivity contribution in [3.05, 3.63) is 82.4 Å². The van der Waals surface area contributed by atoms with E-state index in [0.29, 0.717) is 0 Å². The van der Waals surface area contributed by atoms with E-state index in [-0.39, 0.29) is 0 Å². The van der Waals surface area contributed by atoms with Gasteiger partial charge in [0.05, 0.1) is 0 Å². The average molecular weight is 383 g/mol. The number of allylic oxidation sites excluding steroid dienone is 4. The molecule has 1 heterocycles. The van der Waals surface area contributed by atoms with Crippen LogP contribution in [0, 0.1) is 5.92 Å². The molecule has 1 nitrogen and oxygen atoms in total. The summed E-state index contributed by atoms with van der Waals surface area (Å²) in [6, 6.07) is 15.9. The van der Waals surface area contributed by atoms with Crippen molar-refractivity contribution in [3.8, 4) is 0 Å². The Labute approximate surface area is 174 Å². The minimum absolute atomic E-state index is 0.861. The second kappa shape index (κ2) is 8.55. The first-order chi connectivity index (χ1) is 14.4. The van der Waals surface area contributed by atoms with E-state index in [1.807, 2.05) is 0 Å². The maximum absolute atomic E-state index is 5.51. The van der Waals surface area contributed by atoms with Gasteiger partial charge in [-0.25, -0.2) is 0 Å². The molecule has 0 spiro atoms. The fraction of sp³-hybridized carbons (Fsp3) is 0.357. The molecule has 0 saturated carbocycles. The van der Waals surface area contributed by atoms with E-state index in [2.05, 4.69) is 66.8 Å². The summed E-state index contributed by atoms with van der Waals surface area (Å²) in [6.45, 7) is 1.91. The SMILES string of the molecule is C1=Cc2cc(/C=C3\C=C(CCCC4CCOCC4)c4ccccc43)ccc2CC1. The largest absolute Gasteiger partial charge is 0.381 e. The van der Waals surface area contributed by atoms with E-state index in [1.165, 1.54) is 83.9 Å². The summed E-state index contributed by atoms with van der Waals surface area (Å²) in [4.78, 5) is 0. The molecular weight excluding hydrogens is 352 g/mol. The van der Waals surface area contributed by atoms with Crippen LogP contribution in [0.15, 0.2) is 54.6 Å². The standard InChI is InChI=1S/C28H30O/c1-2-8-24-18-22(12-13-23(24)7-1)19-26-20-25(27-10-3-4-11-28(26)27)9-5-6-21-14-16-29-17-15-21/h2-4,8,10-13,18-21H,1,5-7,9,14-17H2/b26-19+. The molecule has 1 fully saturated rings. The van der Waals surface area contributed by atoms with E-state index in [9.17, 15) is 0 Å². The van der Waals surface area contributed by atoms with Gasteiger partial charge in [0.25, 0.3) is 0 Å². The zero-order valence-electron chi connectivity index (χ0n) is 17.2. The summed E-state index contributed by atoms with van der Waals surface area (Å²) in [5.41, 5.74) is 9.87. The zero-order chi connectivity index (χ0) is 19.5. The monoisotopic (exact) mass is 382 g/mol. The molecule has 0 bridgehead atoms. The van der Waals surface area contributed by atoms with Crippen LogP contribution in [-0.2, 0) is 11.2 Å². The lowest BCUT2D eigenvalue weighted by atomic mass is 9.92. The van der Waals surface area contributed by atoms with Crippen LogP contribution in [0.1, 0.15) is 66.3 Å². The predicted molar refractivity (Wildman–Crippen MR) is 123 cm³/mol. The Morgan fingerprint density at radius 2 is 1.86 bits per heavy atom. The molecule has 0 N–H and O–H groups in total. The first-order valence-electron chi connectivity index (χ1n) is 11.3. The molecule has 0 radical (unpaired) electrons. The fourth-order valence-electron chi connectivity index (χ4n) is 5.02. The van der Waals surface area contributed by atoms with Crippen LogP contribution in [0.4, 0.5) is 0 Å². The maximum atomic E-state index is 5.51. The smallest absolute Gasteiger partial charge is 0.0468 e. The third-order valence-electron chi connectivity index (χ3n) is 6.68. The molecule has 3 aliphatic rings. The van der Waals surface area contributed by atoms with Gasteiger partial charge in [-0.2, -0.15) is 0 Å². The summed E-state index contributed by atoms with van der Waals surface area (Å²) < 4.78 is 5.51. The Balaban J connectivity index is 1.35. The van der Waals surface area contributed by atoms with Crippen molar-refractivity contribution < 1.29 is 4.74 Å². The van der Waals surface area contributed by atoms with Crippen LogP contribution >= 0.6 is 0 Å². The molecule has 0 unspecified atom stereocenters. The number of rotatable bonds is 5. The third-order valence-corrected chi connectivity index (χ3v) is 6.68. The maximum Gasteiger partial charge on any atom is 0.0468 e. The van der Waals surface area contributed by atoms with Crippen molar-refractivity contribution in [2.45, 2.75) is 44.9 Å². The van der Waals surface area contributed by atoms with Crippen LogP contribution in [0.2, 0.25) is 0 Å². The molecule has 2 aromatic rings. The Kier molecular flexibility index (Phi) is 5.49. The van der Waals surface area contributed by atoms with Crippen molar-refractivity contribution in [1.82, 2.24) is 0 Å². The predicted octanol–water partition coefficient (Wildman–Crippen LogP) is 7.18. The zero-order valence-corrected chi connectivity index (χ0v) is 17.2. The highest BCUT2D eigenvalue weighted by Gasteiger charge is 2.19. The van der Waals surface area contributed by atoms with Crippen molar-refractivity contribution in [2.24, 2.45) is 5.92 Å². The molecule has 0 atom stereocenters. The van der Waals surface area contributed by atoms with Gasteiger partial charge in [-0.15, -0.1) is 0 Å². The van der Waals surface area contributed by atoms with Crippen LogP contribution < -0.4 is 0 Å². The van der Waals surface area contributed by atoms with Gasteiger partial charge in [-0.3, -0.25) is 0 Å². The van der Waals surface area contributed by atoms with E-state index in [1.54, 1.807) is 0 Å². The minimum atomic E-state index is 0.861. The highest BCUT2D eigenvalue weighted by molar-refractivity contribution is 6.01. The van der Waals surface area contributed by atoms with Gasteiger partial charge < -0.3 is 4.74 Å². The number of ether oxygens (including phenoxy) is 1.